The van der Waals surface area contributed by atoms with Crippen LogP contribution < -0.4 is 5.73 Å². The van der Waals surface area contributed by atoms with Crippen molar-refractivity contribution in [2.24, 2.45) is 0 Å². The standard InChI is InChI=1S/C14H18FNO4/c1-3-5-12(14(18)19-4-2)20-13(17)10-7-6-9(15)8-11(10)16/h6-8,12H,3-5,16H2,1-2H3. The molecule has 6 heteroatoms. The summed E-state index contributed by atoms with van der Waals surface area (Å²) in [6.45, 7) is 3.72. The van der Waals surface area contributed by atoms with Gasteiger partial charge >= 0.3 is 11.9 Å². The van der Waals surface area contributed by atoms with Crippen molar-refractivity contribution in [2.75, 3.05) is 12.3 Å². The van der Waals surface area contributed by atoms with Crippen molar-refractivity contribution in [1.82, 2.24) is 0 Å². The molecule has 1 atom stereocenters. The van der Waals surface area contributed by atoms with Crippen molar-refractivity contribution >= 4 is 17.6 Å². The molecule has 20 heavy (non-hydrogen) atoms. The second kappa shape index (κ2) is 7.47. The van der Waals surface area contributed by atoms with Crippen LogP contribution >= 0.6 is 0 Å². The minimum absolute atomic E-state index is 0.0248. The fourth-order valence-corrected chi connectivity index (χ4v) is 1.63. The van der Waals surface area contributed by atoms with Crippen molar-refractivity contribution < 1.29 is 23.5 Å². The van der Waals surface area contributed by atoms with E-state index in [0.717, 1.165) is 12.1 Å². The first kappa shape index (κ1) is 15.9. The molecule has 1 aromatic carbocycles. The Balaban J connectivity index is 2.82. The predicted octanol–water partition coefficient (Wildman–Crippen LogP) is 2.30. The maximum Gasteiger partial charge on any atom is 0.347 e. The van der Waals surface area contributed by atoms with E-state index in [-0.39, 0.29) is 17.9 Å². The molecule has 110 valence electrons. The van der Waals surface area contributed by atoms with Crippen molar-refractivity contribution in [2.45, 2.75) is 32.8 Å². The van der Waals surface area contributed by atoms with Gasteiger partial charge in [-0.3, -0.25) is 0 Å². The molecular formula is C14H18FNO4. The highest BCUT2D eigenvalue weighted by atomic mass is 19.1. The summed E-state index contributed by atoms with van der Waals surface area (Å²) in [6.07, 6.45) is 0.0262. The molecule has 2 N–H and O–H groups in total. The van der Waals surface area contributed by atoms with Gasteiger partial charge in [-0.05, 0) is 31.5 Å². The van der Waals surface area contributed by atoms with Crippen LogP contribution in [-0.4, -0.2) is 24.6 Å². The summed E-state index contributed by atoms with van der Waals surface area (Å²) in [5.74, 6) is -1.91. The Labute approximate surface area is 116 Å². The van der Waals surface area contributed by atoms with E-state index in [0.29, 0.717) is 12.8 Å². The lowest BCUT2D eigenvalue weighted by atomic mass is 10.1. The molecule has 0 saturated carbocycles. The molecule has 0 fully saturated rings. The van der Waals surface area contributed by atoms with E-state index >= 15 is 0 Å². The fraction of sp³-hybridized carbons (Fsp3) is 0.429. The predicted molar refractivity (Wildman–Crippen MR) is 71.6 cm³/mol. The van der Waals surface area contributed by atoms with Crippen LogP contribution in [-0.2, 0) is 14.3 Å². The van der Waals surface area contributed by atoms with Crippen LogP contribution in [0.3, 0.4) is 0 Å². The molecule has 0 aromatic heterocycles. The van der Waals surface area contributed by atoms with Crippen molar-refractivity contribution in [3.63, 3.8) is 0 Å². The lowest BCUT2D eigenvalue weighted by Gasteiger charge is -2.16. The Morgan fingerprint density at radius 3 is 2.60 bits per heavy atom. The number of hydrogen-bond donors (Lipinski definition) is 1. The molecule has 1 unspecified atom stereocenters. The van der Waals surface area contributed by atoms with Gasteiger partial charge in [-0.1, -0.05) is 13.3 Å². The number of nitrogen functional groups attached to an aromatic ring is 1. The largest absolute Gasteiger partial charge is 0.463 e. The molecule has 0 aliphatic rings. The van der Waals surface area contributed by atoms with Crippen LogP contribution in [0.5, 0.6) is 0 Å². The first-order valence-electron chi connectivity index (χ1n) is 6.42. The van der Waals surface area contributed by atoms with E-state index in [4.69, 9.17) is 15.2 Å². The van der Waals surface area contributed by atoms with E-state index in [2.05, 4.69) is 0 Å². The van der Waals surface area contributed by atoms with E-state index in [1.807, 2.05) is 6.92 Å². The number of carbonyl (C=O) groups excluding carboxylic acids is 2. The second-order valence-corrected chi connectivity index (χ2v) is 4.17. The number of anilines is 1. The van der Waals surface area contributed by atoms with Crippen molar-refractivity contribution in [1.29, 1.82) is 0 Å². The van der Waals surface area contributed by atoms with Gasteiger partial charge in [-0.15, -0.1) is 0 Å². The highest BCUT2D eigenvalue weighted by Crippen LogP contribution is 2.17. The third kappa shape index (κ3) is 4.22. The summed E-state index contributed by atoms with van der Waals surface area (Å²) >= 11 is 0. The number of benzene rings is 1. The average Bonchev–Trinajstić information content (AvgIpc) is 2.38. The number of carbonyl (C=O) groups is 2. The van der Waals surface area contributed by atoms with Gasteiger partial charge in [0.25, 0.3) is 0 Å². The smallest absolute Gasteiger partial charge is 0.347 e. The van der Waals surface area contributed by atoms with Gasteiger partial charge in [0.2, 0.25) is 0 Å². The number of rotatable bonds is 6. The Hall–Kier alpha value is -2.11. The molecule has 1 rings (SSSR count). The van der Waals surface area contributed by atoms with Gasteiger partial charge in [0, 0.05) is 5.69 Å². The van der Waals surface area contributed by atoms with Crippen LogP contribution in [0.4, 0.5) is 10.1 Å². The van der Waals surface area contributed by atoms with E-state index < -0.39 is 23.9 Å². The maximum atomic E-state index is 12.9. The lowest BCUT2D eigenvalue weighted by molar-refractivity contribution is -0.153. The van der Waals surface area contributed by atoms with E-state index in [1.165, 1.54) is 6.07 Å². The molecule has 0 aliphatic heterocycles. The Morgan fingerprint density at radius 1 is 1.35 bits per heavy atom. The number of nitrogens with two attached hydrogens (primary N) is 1. The summed E-state index contributed by atoms with van der Waals surface area (Å²) < 4.78 is 22.8. The average molecular weight is 283 g/mol. The molecule has 0 spiro atoms. The van der Waals surface area contributed by atoms with Gasteiger partial charge in [0.1, 0.15) is 5.82 Å². The molecule has 0 amide bonds. The molecule has 0 saturated heterocycles. The highest BCUT2D eigenvalue weighted by molar-refractivity contribution is 5.96. The fourth-order valence-electron chi connectivity index (χ4n) is 1.63. The van der Waals surface area contributed by atoms with Gasteiger partial charge in [0.15, 0.2) is 6.10 Å². The van der Waals surface area contributed by atoms with Crippen LogP contribution in [0.15, 0.2) is 18.2 Å². The van der Waals surface area contributed by atoms with Gasteiger partial charge in [0.05, 0.1) is 12.2 Å². The van der Waals surface area contributed by atoms with Crippen molar-refractivity contribution in [3.8, 4) is 0 Å². The van der Waals surface area contributed by atoms with Gasteiger partial charge < -0.3 is 15.2 Å². The molecule has 0 aliphatic carbocycles. The minimum atomic E-state index is -0.975. The first-order chi connectivity index (χ1) is 9.49. The van der Waals surface area contributed by atoms with Gasteiger partial charge in [-0.2, -0.15) is 0 Å². The first-order valence-corrected chi connectivity index (χ1v) is 6.42. The van der Waals surface area contributed by atoms with Crippen LogP contribution in [0.2, 0.25) is 0 Å². The maximum absolute atomic E-state index is 12.9. The number of hydrogen-bond acceptors (Lipinski definition) is 5. The zero-order chi connectivity index (χ0) is 15.1. The third-order valence-electron chi connectivity index (χ3n) is 2.58. The molecule has 5 nitrogen and oxygen atoms in total. The number of ether oxygens (including phenoxy) is 2. The Bertz CT molecular complexity index is 490. The Kier molecular flexibility index (Phi) is 5.96. The number of halogens is 1. The van der Waals surface area contributed by atoms with Gasteiger partial charge in [-0.25, -0.2) is 14.0 Å². The van der Waals surface area contributed by atoms with Crippen LogP contribution in [0.25, 0.3) is 0 Å². The molecule has 0 radical (unpaired) electrons. The van der Waals surface area contributed by atoms with E-state index in [9.17, 15) is 14.0 Å². The lowest BCUT2D eigenvalue weighted by Crippen LogP contribution is -2.29. The second-order valence-electron chi connectivity index (χ2n) is 4.17. The normalized spacial score (nSPS) is 11.8. The van der Waals surface area contributed by atoms with Crippen LogP contribution in [0, 0.1) is 5.82 Å². The SMILES string of the molecule is CCCC(OC(=O)c1ccc(F)cc1N)C(=O)OCC. The molecule has 0 heterocycles. The summed E-state index contributed by atoms with van der Waals surface area (Å²) in [6, 6.07) is 3.35. The summed E-state index contributed by atoms with van der Waals surface area (Å²) in [7, 11) is 0. The summed E-state index contributed by atoms with van der Waals surface area (Å²) in [4.78, 5) is 23.6. The molecule has 1 aromatic rings. The topological polar surface area (TPSA) is 78.6 Å². The molecular weight excluding hydrogens is 265 g/mol. The van der Waals surface area contributed by atoms with Crippen LogP contribution in [0.1, 0.15) is 37.0 Å². The monoisotopic (exact) mass is 283 g/mol. The van der Waals surface area contributed by atoms with Crippen molar-refractivity contribution in [3.05, 3.63) is 29.6 Å². The Morgan fingerprint density at radius 2 is 2.05 bits per heavy atom. The zero-order valence-electron chi connectivity index (χ0n) is 11.5. The third-order valence-corrected chi connectivity index (χ3v) is 2.58. The summed E-state index contributed by atoms with van der Waals surface area (Å²) in [5.41, 5.74) is 5.54. The molecule has 0 bridgehead atoms. The van der Waals surface area contributed by atoms with E-state index in [1.54, 1.807) is 6.92 Å². The highest BCUT2D eigenvalue weighted by Gasteiger charge is 2.25. The zero-order valence-corrected chi connectivity index (χ0v) is 11.5. The minimum Gasteiger partial charge on any atom is -0.463 e. The number of esters is 2. The summed E-state index contributed by atoms with van der Waals surface area (Å²) in [5, 5.41) is 0. The quantitative estimate of drug-likeness (QED) is 0.640.